The van der Waals surface area contributed by atoms with Crippen LogP contribution in [0.2, 0.25) is 0 Å². The lowest BCUT2D eigenvalue weighted by Crippen LogP contribution is -2.14. The molecular weight excluding hydrogens is 340 g/mol. The Labute approximate surface area is 150 Å². The number of hydrogen-bond acceptors (Lipinski definition) is 7. The second kappa shape index (κ2) is 8.66. The summed E-state index contributed by atoms with van der Waals surface area (Å²) in [5, 5.41) is 0. The van der Waals surface area contributed by atoms with Crippen molar-refractivity contribution in [3.05, 3.63) is 53.6 Å². The van der Waals surface area contributed by atoms with Crippen LogP contribution in [0.1, 0.15) is 27.6 Å². The molecule has 0 saturated carbocycles. The van der Waals surface area contributed by atoms with E-state index in [1.165, 1.54) is 33.3 Å². The van der Waals surface area contributed by atoms with Crippen molar-refractivity contribution in [2.45, 2.75) is 6.92 Å². The van der Waals surface area contributed by atoms with Crippen LogP contribution in [0.4, 0.5) is 0 Å². The number of rotatable bonds is 7. The van der Waals surface area contributed by atoms with Crippen LogP contribution in [0.15, 0.2) is 42.5 Å². The molecule has 0 aliphatic heterocycles. The van der Waals surface area contributed by atoms with Gasteiger partial charge in [0.15, 0.2) is 18.1 Å². The third-order valence-electron chi connectivity index (χ3n) is 3.39. The van der Waals surface area contributed by atoms with E-state index >= 15 is 0 Å². The van der Waals surface area contributed by atoms with Crippen molar-refractivity contribution in [2.24, 2.45) is 0 Å². The Morgan fingerprint density at radius 2 is 1.46 bits per heavy atom. The van der Waals surface area contributed by atoms with Crippen molar-refractivity contribution in [3.8, 4) is 17.2 Å². The molecule has 0 amide bonds. The summed E-state index contributed by atoms with van der Waals surface area (Å²) in [6.07, 6.45) is 0. The molecule has 0 unspecified atom stereocenters. The summed E-state index contributed by atoms with van der Waals surface area (Å²) in [6.45, 7) is 0.797. The normalized spacial score (nSPS) is 9.96. The van der Waals surface area contributed by atoms with Crippen LogP contribution in [0.5, 0.6) is 17.2 Å². The molecule has 7 heteroatoms. The highest BCUT2D eigenvalue weighted by atomic mass is 16.6. The van der Waals surface area contributed by atoms with E-state index in [0.717, 1.165) is 0 Å². The highest BCUT2D eigenvalue weighted by Gasteiger charge is 2.21. The highest BCUT2D eigenvalue weighted by molar-refractivity contribution is 5.99. The number of hydrogen-bond donors (Lipinski definition) is 0. The minimum Gasteiger partial charge on any atom is -0.493 e. The number of carbonyl (C=O) groups is 3. The summed E-state index contributed by atoms with van der Waals surface area (Å²) < 4.78 is 20.5. The van der Waals surface area contributed by atoms with Gasteiger partial charge in [0.25, 0.3) is 0 Å². The van der Waals surface area contributed by atoms with Crippen molar-refractivity contribution >= 4 is 17.7 Å². The van der Waals surface area contributed by atoms with Gasteiger partial charge in [-0.2, -0.15) is 0 Å². The van der Waals surface area contributed by atoms with Gasteiger partial charge in [-0.3, -0.25) is 9.59 Å². The molecule has 2 aromatic rings. The molecule has 0 N–H and O–H groups in total. The van der Waals surface area contributed by atoms with Gasteiger partial charge in [0.05, 0.1) is 19.8 Å². The summed E-state index contributed by atoms with van der Waals surface area (Å²) in [6, 6.07) is 11.2. The van der Waals surface area contributed by atoms with Crippen molar-refractivity contribution in [2.75, 3.05) is 20.8 Å². The lowest BCUT2D eigenvalue weighted by Gasteiger charge is -2.15. The van der Waals surface area contributed by atoms with E-state index < -0.39 is 24.3 Å². The number of benzene rings is 2. The Morgan fingerprint density at radius 1 is 0.885 bits per heavy atom. The number of Topliss-reactive ketones (excluding diaryl/α,β-unsaturated/α-hetero) is 1. The molecule has 0 heterocycles. The fraction of sp³-hybridized carbons (Fsp3) is 0.211. The van der Waals surface area contributed by atoms with E-state index in [4.69, 9.17) is 18.9 Å². The van der Waals surface area contributed by atoms with Gasteiger partial charge < -0.3 is 18.9 Å². The Bertz CT molecular complexity index is 787. The quantitative estimate of drug-likeness (QED) is 0.427. The molecule has 26 heavy (non-hydrogen) atoms. The first kappa shape index (κ1) is 19.0. The molecule has 0 aromatic heterocycles. The van der Waals surface area contributed by atoms with Crippen LogP contribution < -0.4 is 14.2 Å². The molecule has 0 atom stereocenters. The van der Waals surface area contributed by atoms with Gasteiger partial charge in [-0.15, -0.1) is 0 Å². The summed E-state index contributed by atoms with van der Waals surface area (Å²) >= 11 is 0. The number of esters is 2. The van der Waals surface area contributed by atoms with Gasteiger partial charge in [-0.25, -0.2) is 4.79 Å². The molecule has 0 spiro atoms. The van der Waals surface area contributed by atoms with Gasteiger partial charge >= 0.3 is 11.9 Å². The third-order valence-corrected chi connectivity index (χ3v) is 3.39. The van der Waals surface area contributed by atoms with Crippen LogP contribution in [0.25, 0.3) is 0 Å². The van der Waals surface area contributed by atoms with Gasteiger partial charge in [0.1, 0.15) is 0 Å². The average Bonchev–Trinajstić information content (AvgIpc) is 2.66. The Morgan fingerprint density at radius 3 is 1.96 bits per heavy atom. The highest BCUT2D eigenvalue weighted by Crippen LogP contribution is 2.39. The Balaban J connectivity index is 2.33. The lowest BCUT2D eigenvalue weighted by molar-refractivity contribution is -0.139. The Kier molecular flexibility index (Phi) is 6.32. The van der Waals surface area contributed by atoms with Crippen molar-refractivity contribution in [1.82, 2.24) is 0 Å². The van der Waals surface area contributed by atoms with Crippen LogP contribution in [-0.4, -0.2) is 38.5 Å². The Hall–Kier alpha value is -3.35. The second-order valence-corrected chi connectivity index (χ2v) is 5.17. The molecule has 0 saturated heterocycles. The molecule has 136 valence electrons. The standard InChI is InChI=1S/C19H18O7/c1-12(20)25-11-15(21)14-9-16(23-2)18(17(10-14)24-3)26-19(22)13-7-5-4-6-8-13/h4-10H,11H2,1-3H3. The zero-order valence-corrected chi connectivity index (χ0v) is 14.6. The smallest absolute Gasteiger partial charge is 0.343 e. The predicted molar refractivity (Wildman–Crippen MR) is 91.9 cm³/mol. The van der Waals surface area contributed by atoms with Crippen molar-refractivity contribution in [3.63, 3.8) is 0 Å². The molecule has 2 rings (SSSR count). The molecule has 0 radical (unpaired) electrons. The van der Waals surface area contributed by atoms with Crippen LogP contribution in [0.3, 0.4) is 0 Å². The van der Waals surface area contributed by atoms with Crippen LogP contribution >= 0.6 is 0 Å². The van der Waals surface area contributed by atoms with E-state index in [9.17, 15) is 14.4 Å². The molecule has 2 aromatic carbocycles. The fourth-order valence-corrected chi connectivity index (χ4v) is 2.12. The van der Waals surface area contributed by atoms with E-state index in [0.29, 0.717) is 5.56 Å². The molecule has 0 aliphatic rings. The molecular formula is C19H18O7. The second-order valence-electron chi connectivity index (χ2n) is 5.17. The summed E-state index contributed by atoms with van der Waals surface area (Å²) in [4.78, 5) is 35.3. The minimum atomic E-state index is -0.596. The molecule has 0 bridgehead atoms. The van der Waals surface area contributed by atoms with E-state index in [1.54, 1.807) is 30.3 Å². The lowest BCUT2D eigenvalue weighted by atomic mass is 10.1. The third kappa shape index (κ3) is 4.60. The maximum absolute atomic E-state index is 12.3. The molecule has 0 aliphatic carbocycles. The first-order valence-corrected chi connectivity index (χ1v) is 7.66. The zero-order valence-electron chi connectivity index (χ0n) is 14.6. The van der Waals surface area contributed by atoms with E-state index in [2.05, 4.69) is 0 Å². The summed E-state index contributed by atoms with van der Waals surface area (Å²) in [5.41, 5.74) is 0.547. The number of ether oxygens (including phenoxy) is 4. The largest absolute Gasteiger partial charge is 0.493 e. The van der Waals surface area contributed by atoms with Gasteiger partial charge in [-0.05, 0) is 24.3 Å². The van der Waals surface area contributed by atoms with Crippen LogP contribution in [0, 0.1) is 0 Å². The topological polar surface area (TPSA) is 88.1 Å². The number of methoxy groups -OCH3 is 2. The maximum Gasteiger partial charge on any atom is 0.343 e. The van der Waals surface area contributed by atoms with Crippen molar-refractivity contribution in [1.29, 1.82) is 0 Å². The fourth-order valence-electron chi connectivity index (χ4n) is 2.12. The number of ketones is 1. The summed E-state index contributed by atoms with van der Waals surface area (Å²) in [7, 11) is 2.74. The average molecular weight is 358 g/mol. The van der Waals surface area contributed by atoms with Crippen molar-refractivity contribution < 1.29 is 33.3 Å². The number of carbonyl (C=O) groups excluding carboxylic acids is 3. The van der Waals surface area contributed by atoms with Gasteiger partial charge in [-0.1, -0.05) is 18.2 Å². The van der Waals surface area contributed by atoms with E-state index in [-0.39, 0.29) is 22.8 Å². The minimum absolute atomic E-state index is 0.0490. The van der Waals surface area contributed by atoms with Crippen LogP contribution in [-0.2, 0) is 9.53 Å². The molecule has 7 nitrogen and oxygen atoms in total. The summed E-state index contributed by atoms with van der Waals surface area (Å²) in [5.74, 6) is -1.28. The molecule has 0 fully saturated rings. The first-order chi connectivity index (χ1) is 12.5. The van der Waals surface area contributed by atoms with E-state index in [1.807, 2.05) is 0 Å². The maximum atomic E-state index is 12.3. The monoisotopic (exact) mass is 358 g/mol. The van der Waals surface area contributed by atoms with Gasteiger partial charge in [0.2, 0.25) is 11.5 Å². The zero-order chi connectivity index (χ0) is 19.1. The predicted octanol–water partition coefficient (Wildman–Crippen LogP) is 2.67. The SMILES string of the molecule is COc1cc(C(=O)COC(C)=O)cc(OC)c1OC(=O)c1ccccc1. The van der Waals surface area contributed by atoms with Gasteiger partial charge in [0, 0.05) is 12.5 Å². The first-order valence-electron chi connectivity index (χ1n) is 7.66.